The normalized spacial score (nSPS) is 15.4. The Morgan fingerprint density at radius 3 is 2.62 bits per heavy atom. The van der Waals surface area contributed by atoms with Crippen LogP contribution in [0, 0.1) is 5.92 Å². The Morgan fingerprint density at radius 1 is 1.44 bits per heavy atom. The first-order valence-corrected chi connectivity index (χ1v) is 6.23. The maximum absolute atomic E-state index is 11.4. The van der Waals surface area contributed by atoms with Crippen molar-refractivity contribution < 1.29 is 9.59 Å². The molecule has 92 valence electrons. The van der Waals surface area contributed by atoms with Gasteiger partial charge in [0.15, 0.2) is 0 Å². The molecule has 1 aliphatic carbocycles. The van der Waals surface area contributed by atoms with E-state index in [1.165, 1.54) is 24.2 Å². The van der Waals surface area contributed by atoms with Gasteiger partial charge in [-0.3, -0.25) is 9.59 Å². The summed E-state index contributed by atoms with van der Waals surface area (Å²) in [4.78, 5) is 23.9. The van der Waals surface area contributed by atoms with E-state index in [-0.39, 0.29) is 24.2 Å². The summed E-state index contributed by atoms with van der Waals surface area (Å²) in [5, 5.41) is 2.82. The summed E-state index contributed by atoms with van der Waals surface area (Å²) in [5.74, 6) is 0.380. The minimum absolute atomic E-state index is 0.0775. The highest BCUT2D eigenvalue weighted by molar-refractivity contribution is 6.27. The van der Waals surface area contributed by atoms with E-state index >= 15 is 0 Å². The monoisotopic (exact) mass is 246 g/mol. The van der Waals surface area contributed by atoms with Crippen molar-refractivity contribution in [1.82, 2.24) is 10.2 Å². The first kappa shape index (κ1) is 13.3. The zero-order valence-electron chi connectivity index (χ0n) is 9.67. The van der Waals surface area contributed by atoms with Gasteiger partial charge in [-0.05, 0) is 12.3 Å². The molecule has 1 rings (SSSR count). The van der Waals surface area contributed by atoms with Crippen LogP contribution >= 0.6 is 11.6 Å². The molecule has 0 heterocycles. The molecule has 1 aliphatic rings. The Balaban J connectivity index is 2.07. The van der Waals surface area contributed by atoms with E-state index in [0.29, 0.717) is 6.54 Å². The molecule has 0 aliphatic heterocycles. The second-order valence-corrected chi connectivity index (χ2v) is 4.59. The largest absolute Gasteiger partial charge is 0.355 e. The lowest BCUT2D eigenvalue weighted by Crippen LogP contribution is -2.39. The van der Waals surface area contributed by atoms with E-state index in [9.17, 15) is 9.59 Å². The molecule has 4 nitrogen and oxygen atoms in total. The van der Waals surface area contributed by atoms with Crippen LogP contribution in [0.25, 0.3) is 0 Å². The fourth-order valence-electron chi connectivity index (χ4n) is 1.66. The quantitative estimate of drug-likeness (QED) is 0.711. The Labute approximate surface area is 101 Å². The fourth-order valence-corrected chi connectivity index (χ4v) is 1.86. The zero-order chi connectivity index (χ0) is 12.0. The lowest BCUT2D eigenvalue weighted by Gasteiger charge is -2.25. The van der Waals surface area contributed by atoms with Crippen LogP contribution in [0.15, 0.2) is 0 Å². The highest BCUT2D eigenvalue weighted by Crippen LogP contribution is 2.28. The van der Waals surface area contributed by atoms with Gasteiger partial charge in [0, 0.05) is 13.6 Å². The number of alkyl halides is 1. The van der Waals surface area contributed by atoms with Crippen molar-refractivity contribution >= 4 is 23.4 Å². The molecule has 0 unspecified atom stereocenters. The predicted molar refractivity (Wildman–Crippen MR) is 63.3 cm³/mol. The molecule has 0 bridgehead atoms. The van der Waals surface area contributed by atoms with Crippen LogP contribution in [0.2, 0.25) is 0 Å². The van der Waals surface area contributed by atoms with Gasteiger partial charge in [0.05, 0.1) is 6.54 Å². The summed E-state index contributed by atoms with van der Waals surface area (Å²) in [6, 6.07) is 0. The van der Waals surface area contributed by atoms with Crippen molar-refractivity contribution in [3.8, 4) is 0 Å². The number of likely N-dealkylation sites (N-methyl/N-ethyl adjacent to an activating group) is 1. The van der Waals surface area contributed by atoms with Crippen LogP contribution in [-0.2, 0) is 9.59 Å². The van der Waals surface area contributed by atoms with Gasteiger partial charge in [0.25, 0.3) is 0 Å². The molecule has 1 N–H and O–H groups in total. The molecule has 5 heteroatoms. The van der Waals surface area contributed by atoms with Crippen LogP contribution in [0.1, 0.15) is 25.7 Å². The SMILES string of the molecule is CN(CC(=O)NCCC1CCC1)C(=O)CCl. The maximum atomic E-state index is 11.4. The van der Waals surface area contributed by atoms with Gasteiger partial charge < -0.3 is 10.2 Å². The number of rotatable bonds is 6. The summed E-state index contributed by atoms with van der Waals surface area (Å²) in [6.45, 7) is 0.808. The minimum Gasteiger partial charge on any atom is -0.355 e. The third-order valence-electron chi connectivity index (χ3n) is 3.02. The number of nitrogens with one attached hydrogen (secondary N) is 1. The standard InChI is InChI=1S/C11H19ClN2O2/c1-14(11(16)7-12)8-10(15)13-6-5-9-3-2-4-9/h9H,2-8H2,1H3,(H,13,15). The molecule has 2 amide bonds. The van der Waals surface area contributed by atoms with Gasteiger partial charge in [-0.15, -0.1) is 11.6 Å². The second-order valence-electron chi connectivity index (χ2n) is 4.32. The smallest absolute Gasteiger partial charge is 0.239 e. The lowest BCUT2D eigenvalue weighted by molar-refractivity contribution is -0.132. The highest BCUT2D eigenvalue weighted by Gasteiger charge is 2.17. The fraction of sp³-hybridized carbons (Fsp3) is 0.818. The first-order valence-electron chi connectivity index (χ1n) is 5.70. The van der Waals surface area contributed by atoms with E-state index < -0.39 is 0 Å². The van der Waals surface area contributed by atoms with Crippen LogP contribution in [0.4, 0.5) is 0 Å². The summed E-state index contributed by atoms with van der Waals surface area (Å²) in [6.07, 6.45) is 4.96. The first-order chi connectivity index (χ1) is 7.63. The average Bonchev–Trinajstić information content (AvgIpc) is 2.20. The molecular formula is C11H19ClN2O2. The van der Waals surface area contributed by atoms with Gasteiger partial charge >= 0.3 is 0 Å². The molecule has 16 heavy (non-hydrogen) atoms. The molecule has 0 atom stereocenters. The Kier molecular flexibility index (Phi) is 5.60. The Bertz CT molecular complexity index is 254. The van der Waals surface area contributed by atoms with E-state index in [0.717, 1.165) is 12.3 Å². The van der Waals surface area contributed by atoms with Crippen LogP contribution < -0.4 is 5.32 Å². The van der Waals surface area contributed by atoms with Crippen molar-refractivity contribution in [1.29, 1.82) is 0 Å². The second kappa shape index (κ2) is 6.74. The van der Waals surface area contributed by atoms with Gasteiger partial charge in [0.2, 0.25) is 11.8 Å². The number of hydrogen-bond acceptors (Lipinski definition) is 2. The van der Waals surface area contributed by atoms with Crippen LogP contribution in [0.5, 0.6) is 0 Å². The average molecular weight is 247 g/mol. The van der Waals surface area contributed by atoms with Crippen molar-refractivity contribution in [2.75, 3.05) is 26.0 Å². The molecule has 0 saturated heterocycles. The maximum Gasteiger partial charge on any atom is 0.239 e. The molecule has 0 aromatic heterocycles. The van der Waals surface area contributed by atoms with E-state index in [4.69, 9.17) is 11.6 Å². The number of halogens is 1. The van der Waals surface area contributed by atoms with Crippen molar-refractivity contribution in [3.05, 3.63) is 0 Å². The number of carbonyl (C=O) groups excluding carboxylic acids is 2. The summed E-state index contributed by atoms with van der Waals surface area (Å²) in [5.41, 5.74) is 0. The van der Waals surface area contributed by atoms with Gasteiger partial charge in [-0.2, -0.15) is 0 Å². The van der Waals surface area contributed by atoms with Gasteiger partial charge in [-0.1, -0.05) is 19.3 Å². The molecule has 0 aromatic rings. The number of carbonyl (C=O) groups is 2. The molecule has 1 fully saturated rings. The molecule has 1 saturated carbocycles. The van der Waals surface area contributed by atoms with Gasteiger partial charge in [-0.25, -0.2) is 0 Å². The third-order valence-corrected chi connectivity index (χ3v) is 3.25. The number of hydrogen-bond donors (Lipinski definition) is 1. The number of amides is 2. The highest BCUT2D eigenvalue weighted by atomic mass is 35.5. The predicted octanol–water partition coefficient (Wildman–Crippen LogP) is 0.990. The van der Waals surface area contributed by atoms with Gasteiger partial charge in [0.1, 0.15) is 5.88 Å². The zero-order valence-corrected chi connectivity index (χ0v) is 10.4. The number of nitrogens with zero attached hydrogens (tertiary/aromatic N) is 1. The Hall–Kier alpha value is -0.770. The molecular weight excluding hydrogens is 228 g/mol. The van der Waals surface area contributed by atoms with Crippen LogP contribution in [-0.4, -0.2) is 42.7 Å². The lowest BCUT2D eigenvalue weighted by atomic mass is 9.83. The van der Waals surface area contributed by atoms with Crippen LogP contribution in [0.3, 0.4) is 0 Å². The third kappa shape index (κ3) is 4.39. The van der Waals surface area contributed by atoms with E-state index in [2.05, 4.69) is 5.32 Å². The molecule has 0 aromatic carbocycles. The Morgan fingerprint density at radius 2 is 2.12 bits per heavy atom. The van der Waals surface area contributed by atoms with Crippen molar-refractivity contribution in [2.24, 2.45) is 5.92 Å². The van der Waals surface area contributed by atoms with Crippen molar-refractivity contribution in [3.63, 3.8) is 0 Å². The topological polar surface area (TPSA) is 49.4 Å². The molecule has 0 radical (unpaired) electrons. The van der Waals surface area contributed by atoms with E-state index in [1.54, 1.807) is 7.05 Å². The summed E-state index contributed by atoms with van der Waals surface area (Å²) >= 11 is 5.38. The van der Waals surface area contributed by atoms with Crippen molar-refractivity contribution in [2.45, 2.75) is 25.7 Å². The summed E-state index contributed by atoms with van der Waals surface area (Å²) < 4.78 is 0. The van der Waals surface area contributed by atoms with E-state index in [1.807, 2.05) is 0 Å². The molecule has 0 spiro atoms. The summed E-state index contributed by atoms with van der Waals surface area (Å²) in [7, 11) is 1.58. The minimum atomic E-state index is -0.226.